The Labute approximate surface area is 355 Å². The number of nitrogens with zero attached hydrogens (tertiary/aromatic N) is 6. The van der Waals surface area contributed by atoms with Crippen molar-refractivity contribution in [1.29, 1.82) is 0 Å². The first-order chi connectivity index (χ1) is 29.1. The number of aromatic amines is 2. The Morgan fingerprint density at radius 3 is 1.33 bits per heavy atom. The van der Waals surface area contributed by atoms with Crippen molar-refractivity contribution in [2.75, 3.05) is 6.61 Å². The second-order valence-corrected chi connectivity index (χ2v) is 14.3. The van der Waals surface area contributed by atoms with Crippen LogP contribution in [0.2, 0.25) is 0 Å². The van der Waals surface area contributed by atoms with Crippen LogP contribution in [0.5, 0.6) is 0 Å². The number of aromatic carboxylic acids is 3. The number of rotatable bonds is 11. The zero-order valence-electron chi connectivity index (χ0n) is 32.2. The summed E-state index contributed by atoms with van der Waals surface area (Å²) in [5.74, 6) is -7.27. The Bertz CT molecular complexity index is 3160. The van der Waals surface area contributed by atoms with E-state index in [1.807, 2.05) is 24.3 Å². The van der Waals surface area contributed by atoms with E-state index in [2.05, 4.69) is 16.9 Å². The standard InChI is InChI=1S/C44H34N8O8.Fe/c1-2-3-4-5-6-13-20-60-44(59)32-28-27(29(41(53)54)30(42(55)56)31(32)43(57)58)39-50-37-25-18-11-9-16-23(25)35(48-37)46-33-21-14-7-8-15-22(21)34(45-33)47-36-24-17-10-12-19-26(24)38(49-36)51-40(28)52-39;/h7-12,14-19H,2-6,13,20H2,1H3,(H,53,54)(H,55,56)(H,57,58)(H2,45,46,47,48,49,50,51,52);/q;+3/p-3. The molecule has 7 aromatic rings. The molecule has 2 N–H and O–H groups in total. The fraction of sp³-hybridized carbons (Fsp3) is 0.182. The SMILES string of the molecule is CCCCCCCCOC(=O)c1c(C(=O)[O-])c(C(=O)[O-])c(C(=O)[O-])c2c3nc4nc(nc5[nH]c(nc6nc(nc([nH]3)c12)-c1ccccc1-6)c1ccccc51)-c1ccccc1-4.[Fe+3]. The molecule has 0 aliphatic carbocycles. The number of carboxylic acid groups (broad SMARTS) is 3. The average Bonchev–Trinajstić information content (AvgIpc) is 3.98. The van der Waals surface area contributed by atoms with E-state index in [9.17, 15) is 34.5 Å². The zero-order valence-corrected chi connectivity index (χ0v) is 33.3. The Morgan fingerprint density at radius 1 is 0.492 bits per heavy atom. The topological polar surface area (TPSA) is 256 Å². The van der Waals surface area contributed by atoms with E-state index in [-0.39, 0.29) is 58.3 Å². The maximum absolute atomic E-state index is 14.2. The number of fused-ring (bicyclic) bond motifs is 20. The van der Waals surface area contributed by atoms with Gasteiger partial charge in [0.15, 0.2) is 23.3 Å². The number of unbranched alkanes of at least 4 members (excludes halogenated alkanes) is 5. The number of esters is 1. The maximum Gasteiger partial charge on any atom is 3.00 e. The van der Waals surface area contributed by atoms with Gasteiger partial charge >= 0.3 is 23.0 Å². The summed E-state index contributed by atoms with van der Waals surface area (Å²) in [6.07, 6.45) is 5.04. The summed E-state index contributed by atoms with van der Waals surface area (Å²) in [6.45, 7) is 1.93. The fourth-order valence-corrected chi connectivity index (χ4v) is 7.84. The van der Waals surface area contributed by atoms with Gasteiger partial charge in [0.25, 0.3) is 0 Å². The van der Waals surface area contributed by atoms with E-state index >= 15 is 0 Å². The zero-order chi connectivity index (χ0) is 41.7. The molecule has 2 aliphatic heterocycles. The molecular weight excluding hydrogens is 824 g/mol. The molecule has 0 spiro atoms. The number of nitrogens with one attached hydrogen (secondary N) is 2. The van der Waals surface area contributed by atoms with Crippen molar-refractivity contribution >= 4 is 68.0 Å². The number of hydrogen-bond acceptors (Lipinski definition) is 14. The fourth-order valence-electron chi connectivity index (χ4n) is 7.84. The number of H-pyrrole nitrogens is 2. The third-order valence-electron chi connectivity index (χ3n) is 10.5. The van der Waals surface area contributed by atoms with Crippen LogP contribution in [-0.2, 0) is 21.8 Å². The normalized spacial score (nSPS) is 11.5. The molecule has 1 radical (unpaired) electrons. The van der Waals surface area contributed by atoms with Crippen LogP contribution in [0.15, 0.2) is 72.8 Å². The monoisotopic (exact) mass is 855 g/mol. The van der Waals surface area contributed by atoms with Gasteiger partial charge in [0.2, 0.25) is 0 Å². The van der Waals surface area contributed by atoms with Crippen LogP contribution in [0.4, 0.5) is 0 Å². The summed E-state index contributed by atoms with van der Waals surface area (Å²) >= 11 is 0. The second-order valence-electron chi connectivity index (χ2n) is 14.3. The van der Waals surface area contributed by atoms with Gasteiger partial charge in [-0.05, 0) is 6.42 Å². The van der Waals surface area contributed by atoms with Crippen molar-refractivity contribution in [1.82, 2.24) is 39.9 Å². The van der Waals surface area contributed by atoms with Gasteiger partial charge in [-0.25, -0.2) is 34.7 Å². The van der Waals surface area contributed by atoms with Crippen LogP contribution in [0.3, 0.4) is 0 Å². The van der Waals surface area contributed by atoms with Crippen molar-refractivity contribution in [2.24, 2.45) is 0 Å². The van der Waals surface area contributed by atoms with E-state index in [1.165, 1.54) is 0 Å². The number of carboxylic acids is 3. The molecule has 0 unspecified atom stereocenters. The van der Waals surface area contributed by atoms with Crippen LogP contribution in [0, 0.1) is 0 Å². The predicted molar refractivity (Wildman–Crippen MR) is 213 cm³/mol. The van der Waals surface area contributed by atoms with Gasteiger partial charge in [-0.15, -0.1) is 0 Å². The molecule has 9 rings (SSSR count). The van der Waals surface area contributed by atoms with Gasteiger partial charge in [0.1, 0.15) is 22.6 Å². The minimum absolute atomic E-state index is 0. The molecule has 17 heteroatoms. The van der Waals surface area contributed by atoms with Gasteiger partial charge < -0.3 is 44.4 Å². The average molecular weight is 856 g/mol. The molecule has 3 aromatic heterocycles. The number of ether oxygens (including phenoxy) is 1. The summed E-state index contributed by atoms with van der Waals surface area (Å²) < 4.78 is 5.59. The van der Waals surface area contributed by atoms with Gasteiger partial charge in [-0.2, -0.15) is 0 Å². The third-order valence-corrected chi connectivity index (χ3v) is 10.5. The molecule has 0 saturated heterocycles. The van der Waals surface area contributed by atoms with E-state index in [0.717, 1.165) is 36.5 Å². The van der Waals surface area contributed by atoms with Gasteiger partial charge in [0.05, 0.1) is 30.1 Å². The van der Waals surface area contributed by atoms with E-state index in [4.69, 9.17) is 34.6 Å². The molecule has 61 heavy (non-hydrogen) atoms. The largest absolute Gasteiger partial charge is 3.00 e. The number of aromatic nitrogens is 8. The van der Waals surface area contributed by atoms with Gasteiger partial charge in [-0.1, -0.05) is 112 Å². The molecule has 2 aliphatic rings. The molecular formula is C44H31FeN8O8. The number of benzene rings is 4. The molecule has 0 saturated carbocycles. The third kappa shape index (κ3) is 7.02. The van der Waals surface area contributed by atoms with Crippen molar-refractivity contribution in [2.45, 2.75) is 45.4 Å². The van der Waals surface area contributed by atoms with Crippen molar-refractivity contribution < 1.29 is 56.3 Å². The van der Waals surface area contributed by atoms with E-state index < -0.39 is 56.9 Å². The van der Waals surface area contributed by atoms with Crippen LogP contribution in [0.25, 0.3) is 89.7 Å². The predicted octanol–water partition coefficient (Wildman–Crippen LogP) is 4.47. The Balaban J connectivity index is 0.00000514. The van der Waals surface area contributed by atoms with Crippen LogP contribution in [0.1, 0.15) is 86.9 Å². The molecule has 16 nitrogen and oxygen atoms in total. The summed E-state index contributed by atoms with van der Waals surface area (Å²) in [5, 5.41) is 39.4. The first-order valence-electron chi connectivity index (χ1n) is 19.3. The summed E-state index contributed by atoms with van der Waals surface area (Å²) in [6, 6.07) is 21.5. The number of hydrogen-bond donors (Lipinski definition) is 2. The molecule has 5 heterocycles. The smallest absolute Gasteiger partial charge is 0.545 e. The Kier molecular flexibility index (Phi) is 10.8. The van der Waals surface area contributed by atoms with Gasteiger partial charge in [-0.3, -0.25) is 0 Å². The van der Waals surface area contributed by atoms with E-state index in [1.54, 1.807) is 48.5 Å². The summed E-state index contributed by atoms with van der Waals surface area (Å²) in [7, 11) is 0. The Morgan fingerprint density at radius 2 is 0.869 bits per heavy atom. The van der Waals surface area contributed by atoms with E-state index in [0.29, 0.717) is 46.4 Å². The van der Waals surface area contributed by atoms with Crippen molar-refractivity contribution in [3.8, 4) is 45.6 Å². The van der Waals surface area contributed by atoms with Crippen LogP contribution in [-0.4, -0.2) is 70.4 Å². The first-order valence-corrected chi connectivity index (χ1v) is 19.3. The van der Waals surface area contributed by atoms with Crippen molar-refractivity contribution in [3.63, 3.8) is 0 Å². The van der Waals surface area contributed by atoms with Crippen LogP contribution >= 0.6 is 0 Å². The summed E-state index contributed by atoms with van der Waals surface area (Å²) in [5.41, 5.74) is -2.37. The minimum atomic E-state index is -2.23. The quantitative estimate of drug-likeness (QED) is 0.103. The molecule has 8 bridgehead atoms. The Hall–Kier alpha value is -7.36. The van der Waals surface area contributed by atoms with Gasteiger partial charge in [0, 0.05) is 60.5 Å². The molecule has 303 valence electrons. The van der Waals surface area contributed by atoms with Crippen molar-refractivity contribution in [3.05, 3.63) is 95.1 Å². The maximum atomic E-state index is 14.2. The molecule has 0 atom stereocenters. The number of carbonyl (C=O) groups excluding carboxylic acids is 4. The molecule has 0 fully saturated rings. The first kappa shape index (κ1) is 40.4. The molecule has 4 aromatic carbocycles. The summed E-state index contributed by atoms with van der Waals surface area (Å²) in [4.78, 5) is 88.2. The van der Waals surface area contributed by atoms with Crippen LogP contribution < -0.4 is 15.3 Å². The molecule has 0 amide bonds. The minimum Gasteiger partial charge on any atom is -0.545 e. The number of carbonyl (C=O) groups is 4. The second kappa shape index (κ2) is 16.4.